The smallest absolute Gasteiger partial charge is 0.406 e. The minimum absolute atomic E-state index is 0.108. The highest BCUT2D eigenvalue weighted by Gasteiger charge is 2.39. The molecule has 30 heavy (non-hydrogen) atoms. The van der Waals surface area contributed by atoms with Crippen LogP contribution in [0.5, 0.6) is 5.75 Å². The number of carbonyl (C=O) groups is 1. The number of halogens is 3. The minimum atomic E-state index is -4.73. The maximum absolute atomic E-state index is 12.6. The molecule has 0 spiro atoms. The summed E-state index contributed by atoms with van der Waals surface area (Å²) in [7, 11) is 0. The van der Waals surface area contributed by atoms with Crippen LogP contribution in [0.25, 0.3) is 0 Å². The van der Waals surface area contributed by atoms with Crippen LogP contribution in [0.2, 0.25) is 0 Å². The summed E-state index contributed by atoms with van der Waals surface area (Å²) < 4.78 is 42.0. The maximum Gasteiger partial charge on any atom is 0.573 e. The number of anilines is 1. The Labute approximate surface area is 172 Å². The number of aromatic nitrogens is 2. The second-order valence-electron chi connectivity index (χ2n) is 8.40. The van der Waals surface area contributed by atoms with E-state index in [9.17, 15) is 18.0 Å². The topological polar surface area (TPSA) is 67.4 Å². The number of carbonyl (C=O) groups excluding carboxylic acids is 1. The van der Waals surface area contributed by atoms with E-state index in [0.717, 1.165) is 24.8 Å². The number of nitrogens with one attached hydrogen (secondary N) is 1. The lowest BCUT2D eigenvalue weighted by Crippen LogP contribution is -2.58. The zero-order valence-corrected chi connectivity index (χ0v) is 16.8. The molecule has 1 aromatic carbocycles. The molecule has 1 amide bonds. The number of ether oxygens (including phenoxy) is 1. The number of nitrogens with zero attached hydrogens (tertiary/aromatic N) is 3. The van der Waals surface area contributed by atoms with Gasteiger partial charge in [0.15, 0.2) is 0 Å². The number of likely N-dealkylation sites (tertiary alicyclic amines) is 1. The number of amides is 1. The molecule has 160 valence electrons. The van der Waals surface area contributed by atoms with Crippen molar-refractivity contribution < 1.29 is 22.7 Å². The molecule has 1 saturated heterocycles. The van der Waals surface area contributed by atoms with Crippen molar-refractivity contribution in [3.63, 3.8) is 0 Å². The predicted molar refractivity (Wildman–Crippen MR) is 104 cm³/mol. The molecule has 0 atom stereocenters. The van der Waals surface area contributed by atoms with Gasteiger partial charge in [-0.15, -0.1) is 13.2 Å². The first-order valence-corrected chi connectivity index (χ1v) is 9.88. The first kappa shape index (κ1) is 20.4. The standard InChI is InChI=1S/C21H23F3N4O2/c1-20(2)5-6-28(20)18(29)16-11-26-19(27-12-16)25-10-13-7-15(14-3-4-14)9-17(8-13)30-21(22,23)24/h7-9,11-12,14H,3-6,10H2,1-2H3,(H,25,26,27). The van der Waals surface area contributed by atoms with E-state index in [0.29, 0.717) is 23.6 Å². The zero-order valence-electron chi connectivity index (χ0n) is 16.8. The van der Waals surface area contributed by atoms with Crippen LogP contribution in [-0.4, -0.2) is 39.2 Å². The van der Waals surface area contributed by atoms with E-state index in [4.69, 9.17) is 0 Å². The Morgan fingerprint density at radius 2 is 1.93 bits per heavy atom. The molecule has 1 aliphatic carbocycles. The summed E-state index contributed by atoms with van der Waals surface area (Å²) in [5, 5.41) is 2.99. The van der Waals surface area contributed by atoms with Gasteiger partial charge in [0.2, 0.25) is 5.95 Å². The van der Waals surface area contributed by atoms with Crippen LogP contribution in [0.4, 0.5) is 19.1 Å². The molecule has 1 aromatic heterocycles. The quantitative estimate of drug-likeness (QED) is 0.746. The van der Waals surface area contributed by atoms with E-state index in [1.54, 1.807) is 4.90 Å². The van der Waals surface area contributed by atoms with Crippen LogP contribution in [-0.2, 0) is 6.54 Å². The van der Waals surface area contributed by atoms with Gasteiger partial charge in [-0.25, -0.2) is 9.97 Å². The van der Waals surface area contributed by atoms with Gasteiger partial charge in [-0.3, -0.25) is 4.79 Å². The van der Waals surface area contributed by atoms with E-state index < -0.39 is 6.36 Å². The maximum atomic E-state index is 12.6. The van der Waals surface area contributed by atoms with E-state index in [1.165, 1.54) is 24.5 Å². The molecule has 1 N–H and O–H groups in total. The predicted octanol–water partition coefficient (Wildman–Crippen LogP) is 4.49. The van der Waals surface area contributed by atoms with E-state index in [1.807, 2.05) is 19.9 Å². The normalized spacial score (nSPS) is 18.0. The number of benzene rings is 1. The van der Waals surface area contributed by atoms with Gasteiger partial charge in [0, 0.05) is 31.0 Å². The second-order valence-corrected chi connectivity index (χ2v) is 8.40. The molecule has 9 heteroatoms. The fraction of sp³-hybridized carbons (Fsp3) is 0.476. The van der Waals surface area contributed by atoms with Gasteiger partial charge in [0.25, 0.3) is 5.91 Å². The van der Waals surface area contributed by atoms with Crippen molar-refractivity contribution in [1.29, 1.82) is 0 Å². The van der Waals surface area contributed by atoms with Crippen LogP contribution in [0, 0.1) is 0 Å². The highest BCUT2D eigenvalue weighted by Crippen LogP contribution is 2.42. The van der Waals surface area contributed by atoms with Gasteiger partial charge in [0.05, 0.1) is 5.56 Å². The average Bonchev–Trinajstić information content (AvgIpc) is 3.50. The highest BCUT2D eigenvalue weighted by atomic mass is 19.4. The third kappa shape index (κ3) is 4.66. The summed E-state index contributed by atoms with van der Waals surface area (Å²) >= 11 is 0. The van der Waals surface area contributed by atoms with E-state index in [2.05, 4.69) is 20.0 Å². The molecule has 1 aliphatic heterocycles. The minimum Gasteiger partial charge on any atom is -0.406 e. The molecule has 2 fully saturated rings. The van der Waals surface area contributed by atoms with Gasteiger partial charge in [-0.2, -0.15) is 0 Å². The van der Waals surface area contributed by atoms with Gasteiger partial charge in [0.1, 0.15) is 5.75 Å². The molecule has 4 rings (SSSR count). The Balaban J connectivity index is 1.42. The molecular formula is C21H23F3N4O2. The van der Waals surface area contributed by atoms with Crippen molar-refractivity contribution in [1.82, 2.24) is 14.9 Å². The Bertz CT molecular complexity index is 940. The molecule has 1 saturated carbocycles. The van der Waals surface area contributed by atoms with Crippen molar-refractivity contribution in [2.75, 3.05) is 11.9 Å². The Morgan fingerprint density at radius 1 is 1.23 bits per heavy atom. The lowest BCUT2D eigenvalue weighted by atomic mass is 9.88. The fourth-order valence-electron chi connectivity index (χ4n) is 3.55. The first-order chi connectivity index (χ1) is 14.1. The van der Waals surface area contributed by atoms with Crippen molar-refractivity contribution in [3.8, 4) is 5.75 Å². The Hall–Kier alpha value is -2.84. The number of hydrogen-bond donors (Lipinski definition) is 1. The largest absolute Gasteiger partial charge is 0.573 e. The summed E-state index contributed by atoms with van der Waals surface area (Å²) in [5.41, 5.74) is 1.73. The van der Waals surface area contributed by atoms with E-state index >= 15 is 0 Å². The van der Waals surface area contributed by atoms with Crippen molar-refractivity contribution in [3.05, 3.63) is 47.3 Å². The Kier molecular flexibility index (Phi) is 5.07. The third-order valence-electron chi connectivity index (χ3n) is 5.54. The summed E-state index contributed by atoms with van der Waals surface area (Å²) in [6.45, 7) is 4.97. The molecule has 0 unspecified atom stereocenters. The zero-order chi connectivity index (χ0) is 21.5. The molecule has 2 aliphatic rings. The van der Waals surface area contributed by atoms with Crippen LogP contribution in [0.3, 0.4) is 0 Å². The molecular weight excluding hydrogens is 397 g/mol. The molecule has 0 radical (unpaired) electrons. The van der Waals surface area contributed by atoms with Crippen LogP contribution in [0.15, 0.2) is 30.6 Å². The van der Waals surface area contributed by atoms with Gasteiger partial charge >= 0.3 is 6.36 Å². The third-order valence-corrected chi connectivity index (χ3v) is 5.54. The van der Waals surface area contributed by atoms with Crippen molar-refractivity contribution in [2.45, 2.75) is 57.5 Å². The average molecular weight is 420 g/mol. The van der Waals surface area contributed by atoms with Gasteiger partial charge in [-0.05, 0) is 62.3 Å². The van der Waals surface area contributed by atoms with Gasteiger partial charge < -0.3 is 15.0 Å². The lowest BCUT2D eigenvalue weighted by molar-refractivity contribution is -0.274. The summed E-state index contributed by atoms with van der Waals surface area (Å²) in [6, 6.07) is 4.68. The highest BCUT2D eigenvalue weighted by molar-refractivity contribution is 5.94. The van der Waals surface area contributed by atoms with Crippen LogP contribution in [0.1, 0.15) is 60.5 Å². The van der Waals surface area contributed by atoms with E-state index in [-0.39, 0.29) is 29.7 Å². The first-order valence-electron chi connectivity index (χ1n) is 9.88. The summed E-state index contributed by atoms with van der Waals surface area (Å²) in [5.74, 6) is 0.254. The molecule has 6 nitrogen and oxygen atoms in total. The number of rotatable bonds is 6. The summed E-state index contributed by atoms with van der Waals surface area (Å²) in [6.07, 6.45) is 1.09. The lowest BCUT2D eigenvalue weighted by Gasteiger charge is -2.48. The van der Waals surface area contributed by atoms with Crippen molar-refractivity contribution >= 4 is 11.9 Å². The SMILES string of the molecule is CC1(C)CCN1C(=O)c1cnc(NCc2cc(OC(F)(F)F)cc(C3CC3)c2)nc1. The molecule has 2 heterocycles. The fourth-order valence-corrected chi connectivity index (χ4v) is 3.55. The second kappa shape index (κ2) is 7.45. The summed E-state index contributed by atoms with van der Waals surface area (Å²) in [4.78, 5) is 22.6. The molecule has 0 bridgehead atoms. The van der Waals surface area contributed by atoms with Crippen LogP contribution < -0.4 is 10.1 Å². The monoisotopic (exact) mass is 420 g/mol. The number of alkyl halides is 3. The van der Waals surface area contributed by atoms with Crippen molar-refractivity contribution in [2.24, 2.45) is 0 Å². The van der Waals surface area contributed by atoms with Crippen LogP contribution >= 0.6 is 0 Å². The number of hydrogen-bond acceptors (Lipinski definition) is 5. The Morgan fingerprint density at radius 3 is 2.47 bits per heavy atom. The molecule has 2 aromatic rings. The van der Waals surface area contributed by atoms with Gasteiger partial charge in [-0.1, -0.05) is 6.07 Å².